The van der Waals surface area contributed by atoms with Crippen LogP contribution in [0.3, 0.4) is 0 Å². The molecule has 13 heavy (non-hydrogen) atoms. The van der Waals surface area contributed by atoms with Crippen molar-refractivity contribution < 1.29 is 9.52 Å². The van der Waals surface area contributed by atoms with Crippen LogP contribution in [0, 0.1) is 5.92 Å². The van der Waals surface area contributed by atoms with Gasteiger partial charge in [-0.15, -0.1) is 0 Å². The van der Waals surface area contributed by atoms with E-state index in [0.29, 0.717) is 16.7 Å². The van der Waals surface area contributed by atoms with Crippen LogP contribution in [-0.4, -0.2) is 5.11 Å². The topological polar surface area (TPSA) is 33.4 Å². The summed E-state index contributed by atoms with van der Waals surface area (Å²) in [4.78, 5) is 0. The molecular formula is C10H15ClO2. The predicted octanol–water partition coefficient (Wildman–Crippen LogP) is 3.40. The average Bonchev–Trinajstić information content (AvgIpc) is 2.47. The molecule has 0 aliphatic heterocycles. The van der Waals surface area contributed by atoms with Gasteiger partial charge in [0.05, 0.1) is 12.4 Å². The standard InChI is InChI=1S/C10H15ClO2/c1-7(2)3-4-9(12)8-5-6-13-10(8)11/h5-7,9,12H,3-4H2,1-2H3. The van der Waals surface area contributed by atoms with E-state index >= 15 is 0 Å². The molecule has 0 saturated carbocycles. The van der Waals surface area contributed by atoms with Gasteiger partial charge in [0.25, 0.3) is 0 Å². The first kappa shape index (κ1) is 10.6. The van der Waals surface area contributed by atoms with Gasteiger partial charge in [-0.25, -0.2) is 0 Å². The molecule has 2 nitrogen and oxygen atoms in total. The molecule has 1 atom stereocenters. The second-order valence-corrected chi connectivity index (χ2v) is 3.98. The molecule has 1 aromatic rings. The van der Waals surface area contributed by atoms with Crippen molar-refractivity contribution in [1.82, 2.24) is 0 Å². The van der Waals surface area contributed by atoms with Crippen molar-refractivity contribution in [2.45, 2.75) is 32.8 Å². The number of rotatable bonds is 4. The third-order valence-corrected chi connectivity index (χ3v) is 2.33. The fourth-order valence-electron chi connectivity index (χ4n) is 1.19. The van der Waals surface area contributed by atoms with E-state index in [9.17, 15) is 5.11 Å². The van der Waals surface area contributed by atoms with Gasteiger partial charge in [-0.2, -0.15) is 0 Å². The Morgan fingerprint density at radius 3 is 2.62 bits per heavy atom. The SMILES string of the molecule is CC(C)CCC(O)c1ccoc1Cl. The molecule has 0 radical (unpaired) electrons. The fraction of sp³-hybridized carbons (Fsp3) is 0.600. The summed E-state index contributed by atoms with van der Waals surface area (Å²) in [6.45, 7) is 4.26. The van der Waals surface area contributed by atoms with E-state index in [-0.39, 0.29) is 0 Å². The van der Waals surface area contributed by atoms with Crippen LogP contribution in [0.25, 0.3) is 0 Å². The summed E-state index contributed by atoms with van der Waals surface area (Å²) in [5.74, 6) is 0.598. The Balaban J connectivity index is 2.49. The molecule has 1 aromatic heterocycles. The van der Waals surface area contributed by atoms with Crippen molar-refractivity contribution in [3.8, 4) is 0 Å². The molecular weight excluding hydrogens is 188 g/mol. The number of aliphatic hydroxyl groups excluding tert-OH is 1. The second-order valence-electron chi connectivity index (χ2n) is 3.64. The van der Waals surface area contributed by atoms with Crippen molar-refractivity contribution in [3.05, 3.63) is 23.1 Å². The van der Waals surface area contributed by atoms with Gasteiger partial charge < -0.3 is 9.52 Å². The molecule has 1 N–H and O–H groups in total. The highest BCUT2D eigenvalue weighted by molar-refractivity contribution is 6.29. The van der Waals surface area contributed by atoms with Crippen LogP contribution >= 0.6 is 11.6 Å². The fourth-order valence-corrected chi connectivity index (χ4v) is 1.43. The molecule has 0 bridgehead atoms. The Kier molecular flexibility index (Phi) is 3.82. The molecule has 0 aromatic carbocycles. The highest BCUT2D eigenvalue weighted by Crippen LogP contribution is 2.27. The van der Waals surface area contributed by atoms with Gasteiger partial charge >= 0.3 is 0 Å². The molecule has 0 aliphatic rings. The van der Waals surface area contributed by atoms with E-state index < -0.39 is 6.10 Å². The van der Waals surface area contributed by atoms with Crippen LogP contribution in [-0.2, 0) is 0 Å². The first-order valence-electron chi connectivity index (χ1n) is 4.52. The minimum atomic E-state index is -0.492. The summed E-state index contributed by atoms with van der Waals surface area (Å²) >= 11 is 5.72. The smallest absolute Gasteiger partial charge is 0.198 e. The van der Waals surface area contributed by atoms with Crippen LogP contribution in [0.5, 0.6) is 0 Å². The molecule has 74 valence electrons. The number of furan rings is 1. The van der Waals surface area contributed by atoms with Gasteiger partial charge in [0.15, 0.2) is 5.22 Å². The minimum absolute atomic E-state index is 0.302. The van der Waals surface area contributed by atoms with E-state index in [1.54, 1.807) is 6.07 Å². The lowest BCUT2D eigenvalue weighted by molar-refractivity contribution is 0.158. The Morgan fingerprint density at radius 1 is 1.46 bits per heavy atom. The van der Waals surface area contributed by atoms with Gasteiger partial charge in [-0.3, -0.25) is 0 Å². The summed E-state index contributed by atoms with van der Waals surface area (Å²) in [6, 6.07) is 1.72. The molecule has 1 heterocycles. The summed E-state index contributed by atoms with van der Waals surface area (Å²) in [5.41, 5.74) is 0.697. The largest absolute Gasteiger partial charge is 0.453 e. The molecule has 0 spiro atoms. The van der Waals surface area contributed by atoms with E-state index in [1.165, 1.54) is 6.26 Å². The lowest BCUT2D eigenvalue weighted by Gasteiger charge is -2.10. The number of aliphatic hydroxyl groups is 1. The third kappa shape index (κ3) is 3.05. The molecule has 1 rings (SSSR count). The van der Waals surface area contributed by atoms with Gasteiger partial charge in [0, 0.05) is 5.56 Å². The van der Waals surface area contributed by atoms with Crippen molar-refractivity contribution in [3.63, 3.8) is 0 Å². The maximum Gasteiger partial charge on any atom is 0.198 e. The van der Waals surface area contributed by atoms with E-state index in [0.717, 1.165) is 12.8 Å². The highest BCUT2D eigenvalue weighted by atomic mass is 35.5. The van der Waals surface area contributed by atoms with Gasteiger partial charge in [-0.05, 0) is 36.4 Å². The maximum atomic E-state index is 9.69. The summed E-state index contributed by atoms with van der Waals surface area (Å²) in [5, 5.41) is 10.00. The van der Waals surface area contributed by atoms with Crippen LogP contribution in [0.4, 0.5) is 0 Å². The first-order chi connectivity index (χ1) is 6.11. The Bertz CT molecular complexity index is 255. The van der Waals surface area contributed by atoms with E-state index in [1.807, 2.05) is 0 Å². The van der Waals surface area contributed by atoms with Crippen molar-refractivity contribution in [2.75, 3.05) is 0 Å². The van der Waals surface area contributed by atoms with E-state index in [4.69, 9.17) is 16.0 Å². The molecule has 0 aliphatic carbocycles. The minimum Gasteiger partial charge on any atom is -0.453 e. The first-order valence-corrected chi connectivity index (χ1v) is 4.90. The van der Waals surface area contributed by atoms with Crippen LogP contribution < -0.4 is 0 Å². The zero-order chi connectivity index (χ0) is 9.84. The molecule has 0 amide bonds. The Hall–Kier alpha value is -0.470. The Morgan fingerprint density at radius 2 is 2.15 bits per heavy atom. The second kappa shape index (κ2) is 4.68. The molecule has 0 fully saturated rings. The van der Waals surface area contributed by atoms with Gasteiger partial charge in [-0.1, -0.05) is 13.8 Å². The average molecular weight is 203 g/mol. The normalized spacial score (nSPS) is 13.6. The lowest BCUT2D eigenvalue weighted by atomic mass is 10.0. The maximum absolute atomic E-state index is 9.69. The van der Waals surface area contributed by atoms with Crippen molar-refractivity contribution in [1.29, 1.82) is 0 Å². The lowest BCUT2D eigenvalue weighted by Crippen LogP contribution is -1.98. The van der Waals surface area contributed by atoms with Crippen LogP contribution in [0.15, 0.2) is 16.7 Å². The zero-order valence-electron chi connectivity index (χ0n) is 7.96. The van der Waals surface area contributed by atoms with Crippen molar-refractivity contribution in [2.24, 2.45) is 5.92 Å². The van der Waals surface area contributed by atoms with Crippen molar-refractivity contribution >= 4 is 11.6 Å². The van der Waals surface area contributed by atoms with Gasteiger partial charge in [0.2, 0.25) is 0 Å². The van der Waals surface area contributed by atoms with Gasteiger partial charge in [0.1, 0.15) is 0 Å². The van der Waals surface area contributed by atoms with Crippen LogP contribution in [0.1, 0.15) is 38.4 Å². The summed E-state index contributed by atoms with van der Waals surface area (Å²) in [6.07, 6.45) is 2.73. The van der Waals surface area contributed by atoms with Crippen LogP contribution in [0.2, 0.25) is 5.22 Å². The monoisotopic (exact) mass is 202 g/mol. The quantitative estimate of drug-likeness (QED) is 0.812. The number of hydrogen-bond donors (Lipinski definition) is 1. The zero-order valence-corrected chi connectivity index (χ0v) is 8.71. The Labute approximate surface area is 83.5 Å². The molecule has 0 saturated heterocycles. The third-order valence-electron chi connectivity index (χ3n) is 2.02. The molecule has 3 heteroatoms. The highest BCUT2D eigenvalue weighted by Gasteiger charge is 2.13. The summed E-state index contributed by atoms with van der Waals surface area (Å²) < 4.78 is 4.90. The predicted molar refractivity (Wildman–Crippen MR) is 52.7 cm³/mol. The molecule has 1 unspecified atom stereocenters. The van der Waals surface area contributed by atoms with E-state index in [2.05, 4.69) is 13.8 Å². The summed E-state index contributed by atoms with van der Waals surface area (Å²) in [7, 11) is 0. The number of hydrogen-bond acceptors (Lipinski definition) is 2. The number of halogens is 1.